The van der Waals surface area contributed by atoms with Gasteiger partial charge >= 0.3 is 0 Å². The van der Waals surface area contributed by atoms with Crippen LogP contribution in [0.25, 0.3) is 11.1 Å². The maximum absolute atomic E-state index is 4.63. The molecule has 0 radical (unpaired) electrons. The molecule has 3 rings (SSSR count). The van der Waals surface area contributed by atoms with Crippen LogP contribution in [-0.4, -0.2) is 5.16 Å². The van der Waals surface area contributed by atoms with Crippen molar-refractivity contribution in [2.75, 3.05) is 0 Å². The van der Waals surface area contributed by atoms with E-state index in [9.17, 15) is 0 Å². The van der Waals surface area contributed by atoms with E-state index in [1.807, 2.05) is 24.3 Å². The lowest BCUT2D eigenvalue weighted by molar-refractivity contribution is 0.717. The molecule has 1 nitrogen and oxygen atoms in total. The number of unbranched alkanes of at least 4 members (excludes halogenated alkanes) is 2. The molecule has 0 atom stereocenters. The minimum Gasteiger partial charge on any atom is -0.195 e. The summed E-state index contributed by atoms with van der Waals surface area (Å²) in [5, 5.41) is 2.39. The monoisotopic (exact) mass is 381 g/mol. The van der Waals surface area contributed by atoms with Crippen molar-refractivity contribution in [3.63, 3.8) is 0 Å². The van der Waals surface area contributed by atoms with E-state index in [0.717, 1.165) is 34.4 Å². The zero-order valence-electron chi connectivity index (χ0n) is 16.1. The summed E-state index contributed by atoms with van der Waals surface area (Å²) in [7, 11) is 0. The van der Waals surface area contributed by atoms with Crippen LogP contribution in [0.1, 0.15) is 42.9 Å². The molecule has 0 aliphatic rings. The first kappa shape index (κ1) is 19.8. The number of nitrogens with zero attached hydrogens (tertiary/aromatic N) is 1. The number of hydrogen-bond acceptors (Lipinski definition) is 2. The third-order valence-electron chi connectivity index (χ3n) is 4.63. The number of aliphatic imine (C=N–C) groups is 1. The van der Waals surface area contributed by atoms with Crippen LogP contribution in [0.4, 0.5) is 5.69 Å². The molecule has 0 aromatic heterocycles. The van der Waals surface area contributed by atoms with Crippen LogP contribution in [0, 0.1) is 11.8 Å². The average Bonchev–Trinajstić information content (AvgIpc) is 2.75. The highest BCUT2D eigenvalue weighted by Crippen LogP contribution is 2.22. The van der Waals surface area contributed by atoms with Gasteiger partial charge in [-0.15, -0.1) is 0 Å². The Morgan fingerprint density at radius 2 is 1.25 bits per heavy atom. The van der Waals surface area contributed by atoms with E-state index in [1.54, 1.807) is 0 Å². The number of rotatable bonds is 6. The van der Waals surface area contributed by atoms with Gasteiger partial charge in [-0.05, 0) is 78.1 Å². The normalized spacial score (nSPS) is 9.89. The van der Waals surface area contributed by atoms with Crippen molar-refractivity contribution >= 4 is 23.1 Å². The van der Waals surface area contributed by atoms with Gasteiger partial charge in [-0.2, -0.15) is 4.99 Å². The Balaban J connectivity index is 1.65. The Kier molecular flexibility index (Phi) is 7.33. The first-order valence-electron chi connectivity index (χ1n) is 9.68. The highest BCUT2D eigenvalue weighted by atomic mass is 32.1. The van der Waals surface area contributed by atoms with Crippen LogP contribution in [0.2, 0.25) is 0 Å². The van der Waals surface area contributed by atoms with E-state index in [4.69, 9.17) is 0 Å². The van der Waals surface area contributed by atoms with Crippen LogP contribution in [0.3, 0.4) is 0 Å². The van der Waals surface area contributed by atoms with Crippen molar-refractivity contribution in [3.8, 4) is 23.0 Å². The molecule has 0 heterocycles. The zero-order valence-corrected chi connectivity index (χ0v) is 16.9. The molecule has 0 aliphatic carbocycles. The molecule has 3 aromatic rings. The van der Waals surface area contributed by atoms with Gasteiger partial charge in [0.25, 0.3) is 0 Å². The number of hydrogen-bond donors (Lipinski definition) is 0. The van der Waals surface area contributed by atoms with E-state index >= 15 is 0 Å². The summed E-state index contributed by atoms with van der Waals surface area (Å²) in [4.78, 5) is 3.98. The first-order chi connectivity index (χ1) is 13.8. The van der Waals surface area contributed by atoms with Gasteiger partial charge in [0.15, 0.2) is 0 Å². The molecule has 3 aromatic carbocycles. The fourth-order valence-corrected chi connectivity index (χ4v) is 3.11. The molecule has 0 fully saturated rings. The third kappa shape index (κ3) is 5.76. The van der Waals surface area contributed by atoms with Gasteiger partial charge in [0.2, 0.25) is 0 Å². The number of aryl methyl sites for hydroxylation is 1. The molecular formula is C26H23NS. The van der Waals surface area contributed by atoms with Crippen LogP contribution in [-0.2, 0) is 6.42 Å². The third-order valence-corrected chi connectivity index (χ3v) is 4.73. The smallest absolute Gasteiger partial charge is 0.0739 e. The summed E-state index contributed by atoms with van der Waals surface area (Å²) in [6, 6.07) is 24.9. The summed E-state index contributed by atoms with van der Waals surface area (Å²) in [5.74, 6) is 6.51. The van der Waals surface area contributed by atoms with Crippen molar-refractivity contribution < 1.29 is 0 Å². The fourth-order valence-electron chi connectivity index (χ4n) is 3.01. The van der Waals surface area contributed by atoms with Crippen molar-refractivity contribution in [2.45, 2.75) is 32.6 Å². The Bertz CT molecular complexity index is 997. The molecule has 0 aliphatic heterocycles. The molecule has 0 spiro atoms. The Morgan fingerprint density at radius 1 is 0.714 bits per heavy atom. The second-order valence-electron chi connectivity index (χ2n) is 6.73. The Morgan fingerprint density at radius 3 is 1.79 bits per heavy atom. The number of thiocarbonyl (C=S) groups is 1. The van der Waals surface area contributed by atoms with Gasteiger partial charge in [0.05, 0.1) is 10.8 Å². The second-order valence-corrected chi connectivity index (χ2v) is 6.91. The van der Waals surface area contributed by atoms with Crippen LogP contribution in [0.5, 0.6) is 0 Å². The van der Waals surface area contributed by atoms with E-state index < -0.39 is 0 Å². The zero-order chi connectivity index (χ0) is 19.6. The first-order valence-corrected chi connectivity index (χ1v) is 10.1. The minimum absolute atomic E-state index is 0.817. The lowest BCUT2D eigenvalue weighted by Crippen LogP contribution is -1.85. The standard InChI is InChI=1S/C26H23NS/c1-2-3-4-5-21-6-8-22(9-7-21)10-11-23-12-14-24(15-13-23)25-16-18-26(19-17-25)27-20-28/h6-9,12-19H,2-5H2,1H3. The Labute approximate surface area is 173 Å². The SMILES string of the molecule is CCCCCc1ccc(C#Cc2ccc(-c3ccc(N=C=S)cc3)cc2)cc1. The molecule has 2 heteroatoms. The van der Waals surface area contributed by atoms with E-state index in [0.29, 0.717) is 0 Å². The Hall–Kier alpha value is -2.98. The predicted molar refractivity (Wildman–Crippen MR) is 122 cm³/mol. The molecule has 0 bridgehead atoms. The number of isothiocyanates is 1. The van der Waals surface area contributed by atoms with E-state index in [-0.39, 0.29) is 0 Å². The average molecular weight is 382 g/mol. The highest BCUT2D eigenvalue weighted by molar-refractivity contribution is 7.78. The summed E-state index contributed by atoms with van der Waals surface area (Å²) < 4.78 is 0. The predicted octanol–water partition coefficient (Wildman–Crippen LogP) is 7.22. The van der Waals surface area contributed by atoms with Crippen LogP contribution < -0.4 is 0 Å². The van der Waals surface area contributed by atoms with Crippen LogP contribution >= 0.6 is 12.2 Å². The van der Waals surface area contributed by atoms with Crippen molar-refractivity contribution in [3.05, 3.63) is 89.5 Å². The summed E-state index contributed by atoms with van der Waals surface area (Å²) in [5.41, 5.74) is 6.57. The summed E-state index contributed by atoms with van der Waals surface area (Å²) >= 11 is 4.63. The topological polar surface area (TPSA) is 12.4 Å². The van der Waals surface area contributed by atoms with Gasteiger partial charge in [0, 0.05) is 11.1 Å². The van der Waals surface area contributed by atoms with Crippen molar-refractivity contribution in [1.29, 1.82) is 0 Å². The van der Waals surface area contributed by atoms with Gasteiger partial charge in [-0.25, -0.2) is 0 Å². The molecule has 0 amide bonds. The fraction of sp³-hybridized carbons (Fsp3) is 0.192. The minimum atomic E-state index is 0.817. The number of benzene rings is 3. The van der Waals surface area contributed by atoms with Gasteiger partial charge in [-0.1, -0.05) is 68.0 Å². The van der Waals surface area contributed by atoms with E-state index in [1.165, 1.54) is 24.8 Å². The maximum atomic E-state index is 4.63. The summed E-state index contributed by atoms with van der Waals surface area (Å²) in [6.45, 7) is 2.23. The van der Waals surface area contributed by atoms with Gasteiger partial charge < -0.3 is 0 Å². The lowest BCUT2D eigenvalue weighted by atomic mass is 10.0. The van der Waals surface area contributed by atoms with Crippen molar-refractivity contribution in [2.24, 2.45) is 4.99 Å². The molecule has 0 saturated carbocycles. The van der Waals surface area contributed by atoms with Crippen molar-refractivity contribution in [1.82, 2.24) is 0 Å². The molecule has 0 saturated heterocycles. The quantitative estimate of drug-likeness (QED) is 0.190. The molecule has 138 valence electrons. The van der Waals surface area contributed by atoms with E-state index in [2.05, 4.69) is 89.7 Å². The largest absolute Gasteiger partial charge is 0.195 e. The van der Waals surface area contributed by atoms with Gasteiger partial charge in [0.1, 0.15) is 0 Å². The highest BCUT2D eigenvalue weighted by Gasteiger charge is 1.98. The molecule has 0 N–H and O–H groups in total. The second kappa shape index (κ2) is 10.4. The van der Waals surface area contributed by atoms with Crippen LogP contribution in [0.15, 0.2) is 77.8 Å². The maximum Gasteiger partial charge on any atom is 0.0739 e. The van der Waals surface area contributed by atoms with Gasteiger partial charge in [-0.3, -0.25) is 0 Å². The molecule has 28 heavy (non-hydrogen) atoms. The molecular weight excluding hydrogens is 358 g/mol. The lowest BCUT2D eigenvalue weighted by Gasteiger charge is -2.02. The molecule has 0 unspecified atom stereocenters. The summed E-state index contributed by atoms with van der Waals surface area (Å²) in [6.07, 6.45) is 4.97.